The zero-order valence-corrected chi connectivity index (χ0v) is 16.6. The van der Waals surface area contributed by atoms with Crippen molar-refractivity contribution in [1.82, 2.24) is 5.32 Å². The molecule has 0 radical (unpaired) electrons. The summed E-state index contributed by atoms with van der Waals surface area (Å²) >= 11 is 1.60. The lowest BCUT2D eigenvalue weighted by Gasteiger charge is -2.19. The standard InChI is InChI=1S/C22H22N2O3S/c1-15(2)17-7-9-18(10-8-17)22(20-4-3-13-28-20)23-21(25)14-16-5-11-19(12-6-16)24(26)27/h3-13,15,22H,14H2,1-2H3,(H,23,25). The van der Waals surface area contributed by atoms with Crippen LogP contribution in [0.1, 0.15) is 47.4 Å². The van der Waals surface area contributed by atoms with Crippen LogP contribution in [0, 0.1) is 10.1 Å². The van der Waals surface area contributed by atoms with E-state index in [9.17, 15) is 14.9 Å². The average Bonchev–Trinajstić information content (AvgIpc) is 3.21. The quantitative estimate of drug-likeness (QED) is 0.441. The minimum atomic E-state index is -0.447. The van der Waals surface area contributed by atoms with Gasteiger partial charge in [0.25, 0.3) is 5.69 Å². The van der Waals surface area contributed by atoms with E-state index in [1.165, 1.54) is 17.7 Å². The van der Waals surface area contributed by atoms with Crippen molar-refractivity contribution in [2.75, 3.05) is 0 Å². The van der Waals surface area contributed by atoms with Gasteiger partial charge in [-0.15, -0.1) is 11.3 Å². The molecule has 3 rings (SSSR count). The normalized spacial score (nSPS) is 12.0. The van der Waals surface area contributed by atoms with E-state index in [1.807, 2.05) is 17.5 Å². The lowest BCUT2D eigenvalue weighted by atomic mass is 9.98. The number of amides is 1. The smallest absolute Gasteiger partial charge is 0.269 e. The van der Waals surface area contributed by atoms with Gasteiger partial charge in [0.2, 0.25) is 5.91 Å². The third-order valence-electron chi connectivity index (χ3n) is 4.58. The topological polar surface area (TPSA) is 72.2 Å². The lowest BCUT2D eigenvalue weighted by Crippen LogP contribution is -2.30. The van der Waals surface area contributed by atoms with Gasteiger partial charge in [0.05, 0.1) is 17.4 Å². The highest BCUT2D eigenvalue weighted by molar-refractivity contribution is 7.10. The van der Waals surface area contributed by atoms with Crippen LogP contribution in [0.25, 0.3) is 0 Å². The average molecular weight is 394 g/mol. The SMILES string of the molecule is CC(C)c1ccc(C(NC(=O)Cc2ccc([N+](=O)[O-])cc2)c2cccs2)cc1. The minimum Gasteiger partial charge on any atom is -0.344 e. The van der Waals surface area contributed by atoms with Crippen LogP contribution in [0.3, 0.4) is 0 Å². The van der Waals surface area contributed by atoms with E-state index in [1.54, 1.807) is 23.5 Å². The molecule has 1 amide bonds. The van der Waals surface area contributed by atoms with E-state index in [0.29, 0.717) is 5.92 Å². The first-order valence-electron chi connectivity index (χ1n) is 9.10. The Hall–Kier alpha value is -2.99. The molecule has 6 heteroatoms. The van der Waals surface area contributed by atoms with E-state index in [-0.39, 0.29) is 24.1 Å². The largest absolute Gasteiger partial charge is 0.344 e. The van der Waals surface area contributed by atoms with Crippen LogP contribution < -0.4 is 5.32 Å². The Morgan fingerprint density at radius 3 is 2.21 bits per heavy atom. The van der Waals surface area contributed by atoms with Crippen molar-refractivity contribution in [2.24, 2.45) is 0 Å². The van der Waals surface area contributed by atoms with Gasteiger partial charge in [0.1, 0.15) is 0 Å². The summed E-state index contributed by atoms with van der Waals surface area (Å²) in [5.41, 5.74) is 3.05. The maximum Gasteiger partial charge on any atom is 0.269 e. The Kier molecular flexibility index (Phi) is 6.21. The van der Waals surface area contributed by atoms with E-state index in [4.69, 9.17) is 0 Å². The molecule has 1 atom stereocenters. The Morgan fingerprint density at radius 1 is 1.04 bits per heavy atom. The molecule has 0 spiro atoms. The van der Waals surface area contributed by atoms with Gasteiger partial charge in [-0.2, -0.15) is 0 Å². The number of non-ortho nitro benzene ring substituents is 1. The molecular formula is C22H22N2O3S. The van der Waals surface area contributed by atoms with Gasteiger partial charge < -0.3 is 5.32 Å². The van der Waals surface area contributed by atoms with Crippen molar-refractivity contribution in [3.8, 4) is 0 Å². The lowest BCUT2D eigenvalue weighted by molar-refractivity contribution is -0.384. The molecule has 0 saturated carbocycles. The Morgan fingerprint density at radius 2 is 1.68 bits per heavy atom. The van der Waals surface area contributed by atoms with Gasteiger partial charge >= 0.3 is 0 Å². The zero-order chi connectivity index (χ0) is 20.1. The fourth-order valence-corrected chi connectivity index (χ4v) is 3.78. The molecule has 0 bridgehead atoms. The van der Waals surface area contributed by atoms with Gasteiger partial charge in [-0.05, 0) is 34.1 Å². The number of benzene rings is 2. The molecule has 1 N–H and O–H groups in total. The molecule has 0 aliphatic heterocycles. The fraction of sp³-hybridized carbons (Fsp3) is 0.227. The molecular weight excluding hydrogens is 372 g/mol. The summed E-state index contributed by atoms with van der Waals surface area (Å²) in [6.07, 6.45) is 0.171. The zero-order valence-electron chi connectivity index (χ0n) is 15.8. The maximum absolute atomic E-state index is 12.6. The van der Waals surface area contributed by atoms with Gasteiger partial charge in [0.15, 0.2) is 0 Å². The van der Waals surface area contributed by atoms with Crippen molar-refractivity contribution in [1.29, 1.82) is 0 Å². The van der Waals surface area contributed by atoms with E-state index in [0.717, 1.165) is 16.0 Å². The molecule has 1 aromatic heterocycles. The predicted molar refractivity (Wildman–Crippen MR) is 112 cm³/mol. The summed E-state index contributed by atoms with van der Waals surface area (Å²) in [5, 5.41) is 15.9. The van der Waals surface area contributed by atoms with Crippen LogP contribution in [-0.4, -0.2) is 10.8 Å². The summed E-state index contributed by atoms with van der Waals surface area (Å²) in [5.74, 6) is 0.325. The highest BCUT2D eigenvalue weighted by Crippen LogP contribution is 2.27. The Labute approximate surface area is 168 Å². The number of hydrogen-bond donors (Lipinski definition) is 1. The van der Waals surface area contributed by atoms with Crippen molar-refractivity contribution in [2.45, 2.75) is 32.2 Å². The number of carbonyl (C=O) groups is 1. The van der Waals surface area contributed by atoms with Crippen LogP contribution in [0.2, 0.25) is 0 Å². The number of hydrogen-bond acceptors (Lipinski definition) is 4. The van der Waals surface area contributed by atoms with Gasteiger partial charge in [0, 0.05) is 17.0 Å². The van der Waals surface area contributed by atoms with Gasteiger partial charge in [-0.1, -0.05) is 56.3 Å². The summed E-state index contributed by atoms with van der Waals surface area (Å²) in [6.45, 7) is 4.30. The molecule has 0 saturated heterocycles. The first kappa shape index (κ1) is 19.8. The number of nitrogens with zero attached hydrogens (tertiary/aromatic N) is 1. The number of carbonyl (C=O) groups excluding carboxylic acids is 1. The summed E-state index contributed by atoms with van der Waals surface area (Å²) in [6, 6.07) is 18.2. The predicted octanol–water partition coefficient (Wildman–Crippen LogP) is 5.23. The number of rotatable bonds is 7. The van der Waals surface area contributed by atoms with Gasteiger partial charge in [-0.3, -0.25) is 14.9 Å². The van der Waals surface area contributed by atoms with Crippen molar-refractivity contribution < 1.29 is 9.72 Å². The molecule has 0 aliphatic rings. The highest BCUT2D eigenvalue weighted by Gasteiger charge is 2.18. The van der Waals surface area contributed by atoms with Crippen LogP contribution in [0.4, 0.5) is 5.69 Å². The molecule has 5 nitrogen and oxygen atoms in total. The van der Waals surface area contributed by atoms with Crippen molar-refractivity contribution >= 4 is 22.9 Å². The Balaban J connectivity index is 1.76. The molecule has 1 heterocycles. The van der Waals surface area contributed by atoms with Crippen LogP contribution >= 0.6 is 11.3 Å². The van der Waals surface area contributed by atoms with E-state index in [2.05, 4.69) is 43.4 Å². The second kappa shape index (κ2) is 8.80. The molecule has 1 unspecified atom stereocenters. The number of nitrogens with one attached hydrogen (secondary N) is 1. The van der Waals surface area contributed by atoms with Crippen molar-refractivity contribution in [3.05, 3.63) is 97.7 Å². The highest BCUT2D eigenvalue weighted by atomic mass is 32.1. The number of nitro groups is 1. The molecule has 0 fully saturated rings. The number of nitro benzene ring substituents is 1. The first-order chi connectivity index (χ1) is 13.4. The second-order valence-electron chi connectivity index (χ2n) is 6.94. The van der Waals surface area contributed by atoms with Gasteiger partial charge in [-0.25, -0.2) is 0 Å². The number of thiophene rings is 1. The summed E-state index contributed by atoms with van der Waals surface area (Å²) < 4.78 is 0. The van der Waals surface area contributed by atoms with E-state index >= 15 is 0 Å². The third-order valence-corrected chi connectivity index (χ3v) is 5.52. The first-order valence-corrected chi connectivity index (χ1v) is 9.98. The molecule has 0 aliphatic carbocycles. The van der Waals surface area contributed by atoms with Crippen LogP contribution in [0.15, 0.2) is 66.0 Å². The second-order valence-corrected chi connectivity index (χ2v) is 7.92. The monoisotopic (exact) mass is 394 g/mol. The maximum atomic E-state index is 12.6. The molecule has 28 heavy (non-hydrogen) atoms. The summed E-state index contributed by atoms with van der Waals surface area (Å²) in [4.78, 5) is 24.0. The third kappa shape index (κ3) is 4.84. The van der Waals surface area contributed by atoms with Crippen LogP contribution in [-0.2, 0) is 11.2 Å². The van der Waals surface area contributed by atoms with E-state index < -0.39 is 4.92 Å². The minimum absolute atomic E-state index is 0.0193. The van der Waals surface area contributed by atoms with Crippen molar-refractivity contribution in [3.63, 3.8) is 0 Å². The molecule has 2 aromatic carbocycles. The summed E-state index contributed by atoms with van der Waals surface area (Å²) in [7, 11) is 0. The molecule has 144 valence electrons. The molecule has 3 aromatic rings. The van der Waals surface area contributed by atoms with Crippen LogP contribution in [0.5, 0.6) is 0 Å². The fourth-order valence-electron chi connectivity index (χ4n) is 2.98. The Bertz CT molecular complexity index is 933.